The van der Waals surface area contributed by atoms with Gasteiger partial charge in [0.05, 0.1) is 12.2 Å². The largest absolute Gasteiger partial charge is 0.384 e. The lowest BCUT2D eigenvalue weighted by molar-refractivity contribution is 0.0302. The van der Waals surface area contributed by atoms with Crippen LogP contribution >= 0.6 is 0 Å². The quantitative estimate of drug-likeness (QED) is 0.826. The van der Waals surface area contributed by atoms with Crippen molar-refractivity contribution < 1.29 is 4.74 Å². The summed E-state index contributed by atoms with van der Waals surface area (Å²) < 4.78 is 5.82. The zero-order valence-corrected chi connectivity index (χ0v) is 10.1. The van der Waals surface area contributed by atoms with E-state index in [9.17, 15) is 0 Å². The highest BCUT2D eigenvalue weighted by atomic mass is 16.5. The topological polar surface area (TPSA) is 64.3 Å². The Hall–Kier alpha value is -1.36. The average Bonchev–Trinajstić information content (AvgIpc) is 2.67. The molecule has 0 radical (unpaired) electrons. The highest BCUT2D eigenvalue weighted by molar-refractivity contribution is 5.47. The summed E-state index contributed by atoms with van der Waals surface area (Å²) >= 11 is 0. The maximum atomic E-state index is 5.82. The first-order valence-electron chi connectivity index (χ1n) is 6.28. The highest BCUT2D eigenvalue weighted by Gasteiger charge is 2.34. The molecule has 0 aromatic carbocycles. The van der Waals surface area contributed by atoms with Gasteiger partial charge in [0, 0.05) is 25.6 Å². The Bertz CT molecular complexity index is 411. The van der Waals surface area contributed by atoms with E-state index >= 15 is 0 Å². The molecule has 1 aromatic heterocycles. The molecule has 2 bridgehead atoms. The van der Waals surface area contributed by atoms with Gasteiger partial charge in [-0.25, -0.2) is 9.97 Å². The molecule has 92 valence electrons. The molecule has 5 nitrogen and oxygen atoms in total. The molecular formula is C12H18N4O. The molecule has 2 saturated heterocycles. The van der Waals surface area contributed by atoms with Crippen molar-refractivity contribution in [2.75, 3.05) is 23.7 Å². The van der Waals surface area contributed by atoms with Crippen molar-refractivity contribution in [3.63, 3.8) is 0 Å². The Kier molecular flexibility index (Phi) is 2.63. The Morgan fingerprint density at radius 1 is 1.35 bits per heavy atom. The number of anilines is 2. The van der Waals surface area contributed by atoms with E-state index in [2.05, 4.69) is 14.9 Å². The lowest BCUT2D eigenvalue weighted by atomic mass is 10.2. The zero-order chi connectivity index (χ0) is 11.8. The summed E-state index contributed by atoms with van der Waals surface area (Å²) in [6.45, 7) is 3.90. The van der Waals surface area contributed by atoms with E-state index in [-0.39, 0.29) is 0 Å². The van der Waals surface area contributed by atoms with Gasteiger partial charge in [0.2, 0.25) is 0 Å². The fraction of sp³-hybridized carbons (Fsp3) is 0.667. The first-order valence-corrected chi connectivity index (χ1v) is 6.28. The molecule has 3 rings (SSSR count). The molecular weight excluding hydrogens is 216 g/mol. The second-order valence-electron chi connectivity index (χ2n) is 4.78. The number of nitrogen functional groups attached to an aromatic ring is 1. The third-order valence-corrected chi connectivity index (χ3v) is 3.46. The Labute approximate surface area is 101 Å². The molecule has 0 amide bonds. The number of nitrogens with two attached hydrogens (primary N) is 1. The molecule has 2 atom stereocenters. The van der Waals surface area contributed by atoms with Gasteiger partial charge in [0.15, 0.2) is 0 Å². The van der Waals surface area contributed by atoms with Crippen molar-refractivity contribution in [2.45, 2.75) is 38.4 Å². The van der Waals surface area contributed by atoms with E-state index < -0.39 is 0 Å². The number of hydrogen-bond acceptors (Lipinski definition) is 5. The normalized spacial score (nSPS) is 27.5. The van der Waals surface area contributed by atoms with Crippen LogP contribution in [-0.2, 0) is 11.2 Å². The second-order valence-corrected chi connectivity index (χ2v) is 4.78. The maximum absolute atomic E-state index is 5.82. The molecule has 5 heteroatoms. The minimum atomic E-state index is 0.370. The van der Waals surface area contributed by atoms with Crippen LogP contribution in [0.1, 0.15) is 25.6 Å². The van der Waals surface area contributed by atoms with E-state index in [0.29, 0.717) is 18.0 Å². The highest BCUT2D eigenvalue weighted by Crippen LogP contribution is 2.29. The molecule has 2 aliphatic heterocycles. The number of hydrogen-bond donors (Lipinski definition) is 1. The first-order chi connectivity index (χ1) is 8.24. The summed E-state index contributed by atoms with van der Waals surface area (Å²) in [7, 11) is 0. The Morgan fingerprint density at radius 2 is 2.06 bits per heavy atom. The summed E-state index contributed by atoms with van der Waals surface area (Å²) in [4.78, 5) is 11.0. The van der Waals surface area contributed by atoms with Crippen LogP contribution < -0.4 is 10.6 Å². The summed E-state index contributed by atoms with van der Waals surface area (Å²) in [5.41, 5.74) is 5.82. The monoisotopic (exact) mass is 234 g/mol. The first kappa shape index (κ1) is 10.8. The Morgan fingerprint density at radius 3 is 2.71 bits per heavy atom. The van der Waals surface area contributed by atoms with E-state index in [0.717, 1.165) is 31.2 Å². The van der Waals surface area contributed by atoms with Crippen LogP contribution in [0.5, 0.6) is 0 Å². The van der Waals surface area contributed by atoms with Gasteiger partial charge < -0.3 is 15.4 Å². The predicted octanol–water partition coefficient (Wildman–Crippen LogP) is 0.989. The Balaban J connectivity index is 1.86. The van der Waals surface area contributed by atoms with Crippen molar-refractivity contribution in [3.8, 4) is 0 Å². The van der Waals surface area contributed by atoms with Crippen molar-refractivity contribution in [3.05, 3.63) is 11.9 Å². The van der Waals surface area contributed by atoms with Crippen LogP contribution in [0.2, 0.25) is 0 Å². The molecule has 2 N–H and O–H groups in total. The second kappa shape index (κ2) is 4.14. The number of aromatic nitrogens is 2. The lowest BCUT2D eigenvalue weighted by Gasteiger charge is -2.33. The lowest BCUT2D eigenvalue weighted by Crippen LogP contribution is -2.43. The molecule has 0 saturated carbocycles. The van der Waals surface area contributed by atoms with Gasteiger partial charge >= 0.3 is 0 Å². The van der Waals surface area contributed by atoms with Gasteiger partial charge in [-0.3, -0.25) is 0 Å². The van der Waals surface area contributed by atoms with E-state index in [1.54, 1.807) is 0 Å². The number of rotatable bonds is 2. The number of nitrogens with zero attached hydrogens (tertiary/aromatic N) is 3. The smallest absolute Gasteiger partial charge is 0.134 e. The van der Waals surface area contributed by atoms with Gasteiger partial charge in [-0.05, 0) is 12.8 Å². The fourth-order valence-electron chi connectivity index (χ4n) is 2.63. The number of aryl methyl sites for hydroxylation is 1. The van der Waals surface area contributed by atoms with Crippen LogP contribution in [0, 0.1) is 0 Å². The van der Waals surface area contributed by atoms with Gasteiger partial charge in [-0.15, -0.1) is 0 Å². The molecule has 2 unspecified atom stereocenters. The van der Waals surface area contributed by atoms with Crippen molar-refractivity contribution in [1.29, 1.82) is 0 Å². The summed E-state index contributed by atoms with van der Waals surface area (Å²) in [6.07, 6.45) is 3.89. The summed E-state index contributed by atoms with van der Waals surface area (Å²) in [6, 6.07) is 1.86. The third-order valence-electron chi connectivity index (χ3n) is 3.46. The molecule has 2 aliphatic rings. The van der Waals surface area contributed by atoms with E-state index in [1.807, 2.05) is 13.0 Å². The average molecular weight is 234 g/mol. The summed E-state index contributed by atoms with van der Waals surface area (Å²) in [5, 5.41) is 0. The minimum absolute atomic E-state index is 0.370. The van der Waals surface area contributed by atoms with Crippen LogP contribution in [-0.4, -0.2) is 35.3 Å². The van der Waals surface area contributed by atoms with Crippen molar-refractivity contribution in [2.24, 2.45) is 0 Å². The number of fused-ring (bicyclic) bond motifs is 2. The summed E-state index contributed by atoms with van der Waals surface area (Å²) in [5.74, 6) is 2.33. The fourth-order valence-corrected chi connectivity index (χ4v) is 2.63. The third kappa shape index (κ3) is 2.07. The van der Waals surface area contributed by atoms with E-state index in [1.165, 1.54) is 12.8 Å². The molecule has 3 heterocycles. The van der Waals surface area contributed by atoms with Crippen molar-refractivity contribution >= 4 is 11.6 Å². The minimum Gasteiger partial charge on any atom is -0.384 e. The van der Waals surface area contributed by atoms with Crippen LogP contribution in [0.25, 0.3) is 0 Å². The predicted molar refractivity (Wildman–Crippen MR) is 65.9 cm³/mol. The molecule has 2 fully saturated rings. The van der Waals surface area contributed by atoms with Gasteiger partial charge in [-0.1, -0.05) is 6.92 Å². The zero-order valence-electron chi connectivity index (χ0n) is 10.1. The SMILES string of the molecule is CCc1nc(N)cc(N2CC3CCC(C2)O3)n1. The van der Waals surface area contributed by atoms with Gasteiger partial charge in [0.1, 0.15) is 17.5 Å². The maximum Gasteiger partial charge on any atom is 0.134 e. The van der Waals surface area contributed by atoms with Gasteiger partial charge in [-0.2, -0.15) is 0 Å². The van der Waals surface area contributed by atoms with Crippen LogP contribution in [0.4, 0.5) is 11.6 Å². The molecule has 0 spiro atoms. The number of morpholine rings is 1. The molecule has 17 heavy (non-hydrogen) atoms. The molecule has 1 aromatic rings. The van der Waals surface area contributed by atoms with Crippen LogP contribution in [0.3, 0.4) is 0 Å². The van der Waals surface area contributed by atoms with Crippen molar-refractivity contribution in [1.82, 2.24) is 9.97 Å². The standard InChI is InChI=1S/C12H18N4O/c1-2-11-14-10(13)5-12(15-11)16-6-8-3-4-9(7-16)17-8/h5,8-9H,2-4,6-7H2,1H3,(H2,13,14,15). The van der Waals surface area contributed by atoms with Gasteiger partial charge in [0.25, 0.3) is 0 Å². The van der Waals surface area contributed by atoms with Crippen LogP contribution in [0.15, 0.2) is 6.07 Å². The van der Waals surface area contributed by atoms with E-state index in [4.69, 9.17) is 10.5 Å². The number of ether oxygens (including phenoxy) is 1. The molecule has 0 aliphatic carbocycles.